The molecule has 0 spiro atoms. The standard InChI is InChI=1S/C15H23NO4S/c1-3-15(17)12-5-4-6-14(11-12)21(18,19)16(2)13-7-9-20-10-8-13/h4-6,11,13,15,17H,3,7-10H2,1-2H3. The molecule has 1 N–H and O–H groups in total. The Labute approximate surface area is 126 Å². The number of aliphatic hydroxyl groups is 1. The second-order valence-electron chi connectivity index (χ2n) is 5.36. The third-order valence-electron chi connectivity index (χ3n) is 4.01. The molecule has 1 fully saturated rings. The Bertz CT molecular complexity index is 567. The summed E-state index contributed by atoms with van der Waals surface area (Å²) in [6.07, 6.45) is 1.35. The molecule has 1 atom stereocenters. The summed E-state index contributed by atoms with van der Waals surface area (Å²) >= 11 is 0. The van der Waals surface area contributed by atoms with Crippen LogP contribution in [0.2, 0.25) is 0 Å². The van der Waals surface area contributed by atoms with E-state index in [2.05, 4.69) is 0 Å². The van der Waals surface area contributed by atoms with Crippen LogP contribution in [0.25, 0.3) is 0 Å². The maximum atomic E-state index is 12.7. The number of rotatable bonds is 5. The SMILES string of the molecule is CCC(O)c1cccc(S(=O)(=O)N(C)C2CCOCC2)c1. The van der Waals surface area contributed by atoms with Crippen molar-refractivity contribution in [3.05, 3.63) is 29.8 Å². The van der Waals surface area contributed by atoms with E-state index >= 15 is 0 Å². The van der Waals surface area contributed by atoms with Crippen molar-refractivity contribution in [1.82, 2.24) is 4.31 Å². The normalized spacial score (nSPS) is 18.9. The lowest BCUT2D eigenvalue weighted by Crippen LogP contribution is -2.40. The van der Waals surface area contributed by atoms with E-state index in [0.29, 0.717) is 38.0 Å². The van der Waals surface area contributed by atoms with E-state index in [1.807, 2.05) is 6.92 Å². The quantitative estimate of drug-likeness (QED) is 0.902. The van der Waals surface area contributed by atoms with Crippen LogP contribution in [0.15, 0.2) is 29.2 Å². The van der Waals surface area contributed by atoms with Crippen molar-refractivity contribution in [2.45, 2.75) is 43.2 Å². The first kappa shape index (κ1) is 16.4. The van der Waals surface area contributed by atoms with E-state index in [-0.39, 0.29) is 10.9 Å². The van der Waals surface area contributed by atoms with Gasteiger partial charge in [-0.1, -0.05) is 19.1 Å². The Morgan fingerprint density at radius 3 is 2.67 bits per heavy atom. The van der Waals surface area contributed by atoms with Crippen molar-refractivity contribution in [1.29, 1.82) is 0 Å². The third kappa shape index (κ3) is 3.63. The molecular formula is C15H23NO4S. The molecule has 1 heterocycles. The lowest BCUT2D eigenvalue weighted by Gasteiger charge is -2.30. The van der Waals surface area contributed by atoms with E-state index in [4.69, 9.17) is 4.74 Å². The van der Waals surface area contributed by atoms with Crippen LogP contribution in [-0.2, 0) is 14.8 Å². The van der Waals surface area contributed by atoms with Crippen molar-refractivity contribution in [2.75, 3.05) is 20.3 Å². The number of ether oxygens (including phenoxy) is 1. The fraction of sp³-hybridized carbons (Fsp3) is 0.600. The molecule has 1 unspecified atom stereocenters. The average Bonchev–Trinajstić information content (AvgIpc) is 2.54. The second kappa shape index (κ2) is 6.87. The zero-order chi connectivity index (χ0) is 15.5. The van der Waals surface area contributed by atoms with Crippen LogP contribution in [0.4, 0.5) is 0 Å². The number of hydrogen-bond acceptors (Lipinski definition) is 4. The number of nitrogens with zero attached hydrogens (tertiary/aromatic N) is 1. The summed E-state index contributed by atoms with van der Waals surface area (Å²) in [6, 6.07) is 6.56. The van der Waals surface area contributed by atoms with Crippen LogP contribution < -0.4 is 0 Å². The van der Waals surface area contributed by atoms with Crippen molar-refractivity contribution in [2.24, 2.45) is 0 Å². The summed E-state index contributed by atoms with van der Waals surface area (Å²) in [7, 11) is -1.92. The van der Waals surface area contributed by atoms with Gasteiger partial charge in [-0.25, -0.2) is 8.42 Å². The Hall–Kier alpha value is -0.950. The maximum Gasteiger partial charge on any atom is 0.243 e. The molecule has 1 aliphatic rings. The summed E-state index contributed by atoms with van der Waals surface area (Å²) in [5.74, 6) is 0. The molecule has 1 saturated heterocycles. The van der Waals surface area contributed by atoms with Gasteiger partial charge in [0.15, 0.2) is 0 Å². The highest BCUT2D eigenvalue weighted by molar-refractivity contribution is 7.89. The lowest BCUT2D eigenvalue weighted by atomic mass is 10.1. The molecule has 118 valence electrons. The zero-order valence-electron chi connectivity index (χ0n) is 12.5. The van der Waals surface area contributed by atoms with Crippen LogP contribution >= 0.6 is 0 Å². The van der Waals surface area contributed by atoms with Gasteiger partial charge in [-0.15, -0.1) is 0 Å². The summed E-state index contributed by atoms with van der Waals surface area (Å²) in [6.45, 7) is 3.05. The highest BCUT2D eigenvalue weighted by Gasteiger charge is 2.29. The largest absolute Gasteiger partial charge is 0.388 e. The molecule has 21 heavy (non-hydrogen) atoms. The Kier molecular flexibility index (Phi) is 5.37. The van der Waals surface area contributed by atoms with E-state index < -0.39 is 16.1 Å². The van der Waals surface area contributed by atoms with E-state index in [0.717, 1.165) is 0 Å². The lowest BCUT2D eigenvalue weighted by molar-refractivity contribution is 0.0632. The summed E-state index contributed by atoms with van der Waals surface area (Å²) in [5.41, 5.74) is 0.638. The van der Waals surface area contributed by atoms with Gasteiger partial charge in [-0.3, -0.25) is 0 Å². The molecule has 0 radical (unpaired) electrons. The van der Waals surface area contributed by atoms with Gasteiger partial charge in [0.2, 0.25) is 10.0 Å². The van der Waals surface area contributed by atoms with Crippen LogP contribution in [0.1, 0.15) is 37.9 Å². The maximum absolute atomic E-state index is 12.7. The molecule has 0 saturated carbocycles. The third-order valence-corrected chi connectivity index (χ3v) is 5.92. The van der Waals surface area contributed by atoms with Crippen LogP contribution in [0.5, 0.6) is 0 Å². The monoisotopic (exact) mass is 313 g/mol. The van der Waals surface area contributed by atoms with Gasteiger partial charge >= 0.3 is 0 Å². The topological polar surface area (TPSA) is 66.8 Å². The molecule has 0 aromatic heterocycles. The van der Waals surface area contributed by atoms with Gasteiger partial charge in [-0.05, 0) is 37.0 Å². The van der Waals surface area contributed by atoms with Crippen molar-refractivity contribution >= 4 is 10.0 Å². The zero-order valence-corrected chi connectivity index (χ0v) is 13.3. The number of aliphatic hydroxyl groups excluding tert-OH is 1. The minimum atomic E-state index is -3.54. The summed E-state index contributed by atoms with van der Waals surface area (Å²) in [4.78, 5) is 0.237. The van der Waals surface area contributed by atoms with Crippen LogP contribution in [0.3, 0.4) is 0 Å². The highest BCUT2D eigenvalue weighted by Crippen LogP contribution is 2.25. The Morgan fingerprint density at radius 2 is 2.05 bits per heavy atom. The molecule has 0 amide bonds. The summed E-state index contributed by atoms with van der Waals surface area (Å²) < 4.78 is 32.1. The fourth-order valence-corrected chi connectivity index (χ4v) is 4.00. The molecule has 1 aliphatic heterocycles. The molecule has 6 heteroatoms. The smallest absolute Gasteiger partial charge is 0.243 e. The molecule has 0 aliphatic carbocycles. The first-order chi connectivity index (χ1) is 9.96. The van der Waals surface area contributed by atoms with Gasteiger partial charge < -0.3 is 9.84 Å². The van der Waals surface area contributed by atoms with Crippen LogP contribution in [-0.4, -0.2) is 44.1 Å². The number of sulfonamides is 1. The van der Waals surface area contributed by atoms with Crippen molar-refractivity contribution < 1.29 is 18.3 Å². The second-order valence-corrected chi connectivity index (χ2v) is 7.36. The molecule has 5 nitrogen and oxygen atoms in total. The molecule has 1 aromatic carbocycles. The molecular weight excluding hydrogens is 290 g/mol. The number of hydrogen-bond donors (Lipinski definition) is 1. The fourth-order valence-electron chi connectivity index (χ4n) is 2.53. The van der Waals surface area contributed by atoms with Gasteiger partial charge in [0.1, 0.15) is 0 Å². The predicted molar refractivity (Wildman–Crippen MR) is 80.5 cm³/mol. The highest BCUT2D eigenvalue weighted by atomic mass is 32.2. The average molecular weight is 313 g/mol. The van der Waals surface area contributed by atoms with Crippen molar-refractivity contribution in [3.8, 4) is 0 Å². The Morgan fingerprint density at radius 1 is 1.38 bits per heavy atom. The van der Waals surface area contributed by atoms with Crippen molar-refractivity contribution in [3.63, 3.8) is 0 Å². The molecule has 0 bridgehead atoms. The van der Waals surface area contributed by atoms with E-state index in [1.165, 1.54) is 4.31 Å². The van der Waals surface area contributed by atoms with Crippen LogP contribution in [0, 0.1) is 0 Å². The minimum absolute atomic E-state index is 0.0245. The first-order valence-electron chi connectivity index (χ1n) is 7.30. The van der Waals surface area contributed by atoms with Gasteiger partial charge in [0.05, 0.1) is 11.0 Å². The van der Waals surface area contributed by atoms with Gasteiger partial charge in [0.25, 0.3) is 0 Å². The van der Waals surface area contributed by atoms with Gasteiger partial charge in [-0.2, -0.15) is 4.31 Å². The predicted octanol–water partition coefficient (Wildman–Crippen LogP) is 1.93. The van der Waals surface area contributed by atoms with E-state index in [1.54, 1.807) is 31.3 Å². The van der Waals surface area contributed by atoms with Gasteiger partial charge in [0, 0.05) is 26.3 Å². The minimum Gasteiger partial charge on any atom is -0.388 e. The van der Waals surface area contributed by atoms with E-state index in [9.17, 15) is 13.5 Å². The first-order valence-corrected chi connectivity index (χ1v) is 8.74. The summed E-state index contributed by atoms with van der Waals surface area (Å²) in [5, 5.41) is 9.88. The number of benzene rings is 1. The molecule has 2 rings (SSSR count). The molecule has 1 aromatic rings. The Balaban J connectivity index is 2.26.